The lowest BCUT2D eigenvalue weighted by Crippen LogP contribution is -2.41. The van der Waals surface area contributed by atoms with E-state index in [2.05, 4.69) is 34.5 Å². The van der Waals surface area contributed by atoms with E-state index in [1.54, 1.807) is 14.2 Å². The van der Waals surface area contributed by atoms with E-state index < -0.39 is 0 Å². The molecule has 2 aromatic carbocycles. The number of rotatable bonds is 8. The van der Waals surface area contributed by atoms with E-state index in [9.17, 15) is 0 Å². The molecule has 0 bridgehead atoms. The lowest BCUT2D eigenvalue weighted by atomic mass is 10.1. The average Bonchev–Trinajstić information content (AvgIpc) is 2.72. The zero-order valence-electron chi connectivity index (χ0n) is 15.9. The average molecular weight is 391 g/mol. The summed E-state index contributed by atoms with van der Waals surface area (Å²) in [4.78, 5) is 2.44. The van der Waals surface area contributed by atoms with Crippen LogP contribution in [-0.4, -0.2) is 52.0 Å². The Hall–Kier alpha value is -1.79. The third kappa shape index (κ3) is 5.36. The maximum Gasteiger partial charge on any atom is 0.179 e. The third-order valence-corrected chi connectivity index (χ3v) is 5.07. The van der Waals surface area contributed by atoms with Gasteiger partial charge in [0.05, 0.1) is 32.5 Å². The molecular weight excluding hydrogens is 364 g/mol. The molecule has 0 aromatic heterocycles. The van der Waals surface area contributed by atoms with Crippen LogP contribution in [0.1, 0.15) is 17.2 Å². The standard InChI is InChI=1S/C21H27ClN2O3/c1-25-20-13-16(12-18(22)21(20)26-2)14-23-19(17-6-4-3-5-7-17)15-24-8-10-27-11-9-24/h3-7,12-13,19,23H,8-11,14-15H2,1-2H3. The van der Waals surface area contributed by atoms with Gasteiger partial charge in [0.15, 0.2) is 11.5 Å². The fourth-order valence-electron chi connectivity index (χ4n) is 3.33. The van der Waals surface area contributed by atoms with E-state index in [4.69, 9.17) is 25.8 Å². The minimum atomic E-state index is 0.219. The third-order valence-electron chi connectivity index (χ3n) is 4.79. The molecule has 1 unspecified atom stereocenters. The second-order valence-corrected chi connectivity index (χ2v) is 6.98. The Balaban J connectivity index is 1.73. The fraction of sp³-hybridized carbons (Fsp3) is 0.429. The Kier molecular flexibility index (Phi) is 7.35. The van der Waals surface area contributed by atoms with Crippen molar-refractivity contribution in [3.8, 4) is 11.5 Å². The Morgan fingerprint density at radius 2 is 1.85 bits per heavy atom. The Morgan fingerprint density at radius 1 is 1.11 bits per heavy atom. The molecule has 0 aliphatic carbocycles. The smallest absolute Gasteiger partial charge is 0.179 e. The molecule has 146 valence electrons. The van der Waals surface area contributed by atoms with Crippen LogP contribution in [0, 0.1) is 0 Å². The van der Waals surface area contributed by atoms with E-state index in [1.807, 2.05) is 18.2 Å². The van der Waals surface area contributed by atoms with Gasteiger partial charge in [0, 0.05) is 32.2 Å². The Bertz CT molecular complexity index is 721. The summed E-state index contributed by atoms with van der Waals surface area (Å²) in [6.07, 6.45) is 0. The number of hydrogen-bond acceptors (Lipinski definition) is 5. The van der Waals surface area contributed by atoms with Crippen LogP contribution in [0.5, 0.6) is 11.5 Å². The molecule has 1 fully saturated rings. The molecule has 0 saturated carbocycles. The van der Waals surface area contributed by atoms with Gasteiger partial charge in [-0.3, -0.25) is 4.90 Å². The predicted molar refractivity (Wildman–Crippen MR) is 108 cm³/mol. The highest BCUT2D eigenvalue weighted by atomic mass is 35.5. The minimum Gasteiger partial charge on any atom is -0.493 e. The fourth-order valence-corrected chi connectivity index (χ4v) is 3.64. The topological polar surface area (TPSA) is 43.0 Å². The molecule has 1 atom stereocenters. The summed E-state index contributed by atoms with van der Waals surface area (Å²) in [5, 5.41) is 4.23. The SMILES string of the molecule is COc1cc(CNC(CN2CCOCC2)c2ccccc2)cc(Cl)c1OC. The molecule has 3 rings (SSSR count). The van der Waals surface area contributed by atoms with Gasteiger partial charge >= 0.3 is 0 Å². The summed E-state index contributed by atoms with van der Waals surface area (Å²) in [6, 6.07) is 14.6. The largest absolute Gasteiger partial charge is 0.493 e. The van der Waals surface area contributed by atoms with Gasteiger partial charge in [-0.25, -0.2) is 0 Å². The van der Waals surface area contributed by atoms with Crippen LogP contribution in [-0.2, 0) is 11.3 Å². The minimum absolute atomic E-state index is 0.219. The van der Waals surface area contributed by atoms with Crippen LogP contribution in [0.15, 0.2) is 42.5 Å². The van der Waals surface area contributed by atoms with Gasteiger partial charge < -0.3 is 19.5 Å². The Labute approximate surface area is 166 Å². The molecule has 27 heavy (non-hydrogen) atoms. The Morgan fingerprint density at radius 3 is 2.52 bits per heavy atom. The van der Waals surface area contributed by atoms with Crippen molar-refractivity contribution in [1.29, 1.82) is 0 Å². The first kappa shape index (κ1) is 20.0. The maximum absolute atomic E-state index is 6.35. The quantitative estimate of drug-likeness (QED) is 0.747. The summed E-state index contributed by atoms with van der Waals surface area (Å²) in [5.74, 6) is 1.21. The second kappa shape index (κ2) is 9.95. The van der Waals surface area contributed by atoms with E-state index in [1.165, 1.54) is 5.56 Å². The first-order valence-electron chi connectivity index (χ1n) is 9.20. The van der Waals surface area contributed by atoms with Crippen molar-refractivity contribution < 1.29 is 14.2 Å². The highest BCUT2D eigenvalue weighted by molar-refractivity contribution is 6.32. The van der Waals surface area contributed by atoms with E-state index >= 15 is 0 Å². The molecular formula is C21H27ClN2O3. The zero-order chi connectivity index (χ0) is 19.1. The summed E-state index contributed by atoms with van der Waals surface area (Å²) in [7, 11) is 3.21. The van der Waals surface area contributed by atoms with Gasteiger partial charge in [0.25, 0.3) is 0 Å². The predicted octanol–water partition coefficient (Wildman–Crippen LogP) is 3.52. The molecule has 1 saturated heterocycles. The monoisotopic (exact) mass is 390 g/mol. The number of halogens is 1. The molecule has 6 heteroatoms. The molecule has 1 heterocycles. The van der Waals surface area contributed by atoms with Crippen molar-refractivity contribution in [1.82, 2.24) is 10.2 Å². The summed E-state index contributed by atoms with van der Waals surface area (Å²) < 4.78 is 16.2. The van der Waals surface area contributed by atoms with Crippen molar-refractivity contribution in [3.63, 3.8) is 0 Å². The number of benzene rings is 2. The van der Waals surface area contributed by atoms with Gasteiger partial charge in [-0.2, -0.15) is 0 Å². The molecule has 1 aliphatic heterocycles. The zero-order valence-corrected chi connectivity index (χ0v) is 16.7. The number of morpholine rings is 1. The summed E-state index contributed by atoms with van der Waals surface area (Å²) in [5.41, 5.74) is 2.33. The number of nitrogens with one attached hydrogen (secondary N) is 1. The number of hydrogen-bond donors (Lipinski definition) is 1. The first-order valence-corrected chi connectivity index (χ1v) is 9.58. The summed E-state index contributed by atoms with van der Waals surface area (Å²) in [6.45, 7) is 5.15. The lowest BCUT2D eigenvalue weighted by molar-refractivity contribution is 0.0333. The van der Waals surface area contributed by atoms with Crippen LogP contribution >= 0.6 is 11.6 Å². The molecule has 5 nitrogen and oxygen atoms in total. The van der Waals surface area contributed by atoms with Gasteiger partial charge in [0.2, 0.25) is 0 Å². The highest BCUT2D eigenvalue weighted by Gasteiger charge is 2.18. The first-order chi connectivity index (χ1) is 13.2. The van der Waals surface area contributed by atoms with Crippen LogP contribution < -0.4 is 14.8 Å². The van der Waals surface area contributed by atoms with E-state index in [-0.39, 0.29) is 6.04 Å². The maximum atomic E-state index is 6.35. The summed E-state index contributed by atoms with van der Waals surface area (Å²) >= 11 is 6.35. The van der Waals surface area contributed by atoms with Crippen LogP contribution in [0.4, 0.5) is 0 Å². The van der Waals surface area contributed by atoms with Gasteiger partial charge in [0.1, 0.15) is 0 Å². The second-order valence-electron chi connectivity index (χ2n) is 6.57. The van der Waals surface area contributed by atoms with Crippen LogP contribution in [0.25, 0.3) is 0 Å². The molecule has 0 radical (unpaired) electrons. The van der Waals surface area contributed by atoms with Crippen molar-refractivity contribution in [2.75, 3.05) is 47.1 Å². The van der Waals surface area contributed by atoms with Crippen molar-refractivity contribution in [3.05, 3.63) is 58.6 Å². The molecule has 1 N–H and O–H groups in total. The molecule has 0 spiro atoms. The number of ether oxygens (including phenoxy) is 3. The molecule has 0 amide bonds. The van der Waals surface area contributed by atoms with Crippen LogP contribution in [0.2, 0.25) is 5.02 Å². The van der Waals surface area contributed by atoms with E-state index in [0.29, 0.717) is 23.1 Å². The van der Waals surface area contributed by atoms with Crippen molar-refractivity contribution >= 4 is 11.6 Å². The lowest BCUT2D eigenvalue weighted by Gasteiger charge is -2.31. The normalized spacial score (nSPS) is 16.1. The van der Waals surface area contributed by atoms with E-state index in [0.717, 1.165) is 38.4 Å². The van der Waals surface area contributed by atoms with Gasteiger partial charge in [-0.1, -0.05) is 41.9 Å². The highest BCUT2D eigenvalue weighted by Crippen LogP contribution is 2.36. The number of nitrogens with zero attached hydrogens (tertiary/aromatic N) is 1. The molecule has 2 aromatic rings. The molecule has 1 aliphatic rings. The number of methoxy groups -OCH3 is 2. The van der Waals surface area contributed by atoms with Gasteiger partial charge in [-0.05, 0) is 23.3 Å². The van der Waals surface area contributed by atoms with Crippen molar-refractivity contribution in [2.45, 2.75) is 12.6 Å². The van der Waals surface area contributed by atoms with Gasteiger partial charge in [-0.15, -0.1) is 0 Å². The van der Waals surface area contributed by atoms with Crippen molar-refractivity contribution in [2.24, 2.45) is 0 Å². The van der Waals surface area contributed by atoms with Crippen LogP contribution in [0.3, 0.4) is 0 Å².